The van der Waals surface area contributed by atoms with Crippen molar-refractivity contribution in [3.8, 4) is 0 Å². The normalized spacial score (nSPS) is 45.8. The van der Waals surface area contributed by atoms with Gasteiger partial charge >= 0.3 is 0 Å². The van der Waals surface area contributed by atoms with Crippen molar-refractivity contribution in [3.05, 3.63) is 0 Å². The summed E-state index contributed by atoms with van der Waals surface area (Å²) in [7, 11) is 2.30. The fourth-order valence-corrected chi connectivity index (χ4v) is 2.83. The number of piperidine rings is 1. The molecule has 3 fully saturated rings. The van der Waals surface area contributed by atoms with Crippen molar-refractivity contribution >= 4 is 0 Å². The average molecular weight is 153 g/mol. The zero-order valence-electron chi connectivity index (χ0n) is 7.71. The molecule has 0 radical (unpaired) electrons. The van der Waals surface area contributed by atoms with Crippen LogP contribution in [0.4, 0.5) is 0 Å². The van der Waals surface area contributed by atoms with Crippen LogP contribution in [0, 0.1) is 11.8 Å². The lowest BCUT2D eigenvalue weighted by Gasteiger charge is -2.37. The van der Waals surface area contributed by atoms with Crippen molar-refractivity contribution in [2.24, 2.45) is 11.8 Å². The molecule has 0 amide bonds. The minimum atomic E-state index is 0.920. The van der Waals surface area contributed by atoms with Gasteiger partial charge < -0.3 is 4.90 Å². The summed E-state index contributed by atoms with van der Waals surface area (Å²) in [6.07, 6.45) is 5.88. The monoisotopic (exact) mass is 153 g/mol. The highest BCUT2D eigenvalue weighted by Gasteiger charge is 2.33. The average Bonchev–Trinajstić information content (AvgIpc) is 2.21. The first-order valence-corrected chi connectivity index (χ1v) is 4.97. The molecular formula is C10H19N. The molecule has 1 nitrogen and oxygen atoms in total. The summed E-state index contributed by atoms with van der Waals surface area (Å²) >= 11 is 0. The first kappa shape index (κ1) is 7.60. The Morgan fingerprint density at radius 1 is 1.27 bits per heavy atom. The highest BCUT2D eigenvalue weighted by molar-refractivity contribution is 4.87. The molecule has 3 rings (SSSR count). The Kier molecular flexibility index (Phi) is 1.92. The van der Waals surface area contributed by atoms with Gasteiger partial charge in [0.1, 0.15) is 0 Å². The molecule has 1 saturated carbocycles. The summed E-state index contributed by atoms with van der Waals surface area (Å²) < 4.78 is 0. The molecule has 1 heteroatoms. The summed E-state index contributed by atoms with van der Waals surface area (Å²) in [5.74, 6) is 2.01. The van der Waals surface area contributed by atoms with E-state index in [9.17, 15) is 0 Å². The topological polar surface area (TPSA) is 3.24 Å². The van der Waals surface area contributed by atoms with E-state index in [1.165, 1.54) is 32.2 Å². The minimum absolute atomic E-state index is 0.920. The van der Waals surface area contributed by atoms with Crippen LogP contribution in [0.15, 0.2) is 0 Å². The van der Waals surface area contributed by atoms with Crippen LogP contribution in [0.25, 0.3) is 0 Å². The van der Waals surface area contributed by atoms with Crippen LogP contribution in [-0.2, 0) is 0 Å². The van der Waals surface area contributed by atoms with Crippen LogP contribution >= 0.6 is 0 Å². The number of nitrogens with zero attached hydrogens (tertiary/aromatic N) is 1. The van der Waals surface area contributed by atoms with Gasteiger partial charge in [0, 0.05) is 12.6 Å². The summed E-state index contributed by atoms with van der Waals surface area (Å²) in [5.41, 5.74) is 0. The Bertz CT molecular complexity index is 128. The van der Waals surface area contributed by atoms with Crippen molar-refractivity contribution in [1.29, 1.82) is 0 Å². The lowest BCUT2D eigenvalue weighted by Crippen LogP contribution is -2.41. The van der Waals surface area contributed by atoms with Gasteiger partial charge in [-0.2, -0.15) is 0 Å². The van der Waals surface area contributed by atoms with E-state index < -0.39 is 0 Å². The van der Waals surface area contributed by atoms with E-state index in [0.29, 0.717) is 0 Å². The van der Waals surface area contributed by atoms with E-state index in [0.717, 1.165) is 17.9 Å². The van der Waals surface area contributed by atoms with Crippen molar-refractivity contribution < 1.29 is 0 Å². The van der Waals surface area contributed by atoms with Gasteiger partial charge in [0.05, 0.1) is 0 Å². The first-order valence-electron chi connectivity index (χ1n) is 4.97. The molecule has 11 heavy (non-hydrogen) atoms. The van der Waals surface area contributed by atoms with Crippen molar-refractivity contribution in [1.82, 2.24) is 4.90 Å². The molecule has 3 atom stereocenters. The van der Waals surface area contributed by atoms with E-state index in [-0.39, 0.29) is 0 Å². The largest absolute Gasteiger partial charge is 0.303 e. The molecule has 2 aliphatic heterocycles. The molecule has 0 spiro atoms. The molecule has 2 saturated heterocycles. The second kappa shape index (κ2) is 2.78. The summed E-state index contributed by atoms with van der Waals surface area (Å²) in [6, 6.07) is 0.920. The van der Waals surface area contributed by atoms with Crippen LogP contribution < -0.4 is 0 Å². The lowest BCUT2D eigenvalue weighted by molar-refractivity contribution is 0.112. The molecular weight excluding hydrogens is 134 g/mol. The van der Waals surface area contributed by atoms with Gasteiger partial charge in [0.2, 0.25) is 0 Å². The molecule has 2 heterocycles. The molecule has 0 aromatic rings. The van der Waals surface area contributed by atoms with E-state index in [1.807, 2.05) is 0 Å². The third kappa shape index (κ3) is 1.31. The SMILES string of the molecule is CC1CC2CCCC1CN2C. The molecule has 1 aliphatic carbocycles. The van der Waals surface area contributed by atoms with E-state index >= 15 is 0 Å². The Hall–Kier alpha value is -0.0400. The fourth-order valence-electron chi connectivity index (χ4n) is 2.83. The van der Waals surface area contributed by atoms with Gasteiger partial charge in [-0.1, -0.05) is 13.3 Å². The van der Waals surface area contributed by atoms with Crippen molar-refractivity contribution in [2.75, 3.05) is 13.6 Å². The Morgan fingerprint density at radius 2 is 2.09 bits per heavy atom. The maximum atomic E-state index is 2.58. The smallest absolute Gasteiger partial charge is 0.00949 e. The van der Waals surface area contributed by atoms with Gasteiger partial charge in [0.25, 0.3) is 0 Å². The summed E-state index contributed by atoms with van der Waals surface area (Å²) in [6.45, 7) is 3.81. The van der Waals surface area contributed by atoms with Gasteiger partial charge in [-0.25, -0.2) is 0 Å². The number of fused-ring (bicyclic) bond motifs is 4. The summed E-state index contributed by atoms with van der Waals surface area (Å²) in [5, 5.41) is 0. The van der Waals surface area contributed by atoms with Gasteiger partial charge in [-0.3, -0.25) is 0 Å². The molecule has 0 aromatic heterocycles. The molecule has 64 valence electrons. The molecule has 0 N–H and O–H groups in total. The quantitative estimate of drug-likeness (QED) is 0.515. The van der Waals surface area contributed by atoms with Crippen LogP contribution in [-0.4, -0.2) is 24.5 Å². The summed E-state index contributed by atoms with van der Waals surface area (Å²) in [4.78, 5) is 2.58. The molecule has 3 unspecified atom stereocenters. The first-order chi connectivity index (χ1) is 5.27. The minimum Gasteiger partial charge on any atom is -0.303 e. The van der Waals surface area contributed by atoms with Gasteiger partial charge in [-0.05, 0) is 38.1 Å². The predicted molar refractivity (Wildman–Crippen MR) is 47.5 cm³/mol. The second-order valence-electron chi connectivity index (χ2n) is 4.50. The number of hydrogen-bond donors (Lipinski definition) is 0. The van der Waals surface area contributed by atoms with Crippen LogP contribution in [0.5, 0.6) is 0 Å². The molecule has 3 aliphatic rings. The van der Waals surface area contributed by atoms with Crippen molar-refractivity contribution in [3.63, 3.8) is 0 Å². The predicted octanol–water partition coefficient (Wildman–Crippen LogP) is 2.13. The van der Waals surface area contributed by atoms with Crippen LogP contribution in [0.2, 0.25) is 0 Å². The number of hydrogen-bond acceptors (Lipinski definition) is 1. The zero-order chi connectivity index (χ0) is 7.84. The van der Waals surface area contributed by atoms with Crippen LogP contribution in [0.1, 0.15) is 32.6 Å². The highest BCUT2D eigenvalue weighted by atomic mass is 15.1. The zero-order valence-corrected chi connectivity index (χ0v) is 7.71. The van der Waals surface area contributed by atoms with E-state index in [1.54, 1.807) is 0 Å². The number of rotatable bonds is 0. The Balaban J connectivity index is 2.12. The van der Waals surface area contributed by atoms with Crippen molar-refractivity contribution in [2.45, 2.75) is 38.6 Å². The fraction of sp³-hybridized carbons (Fsp3) is 1.00. The maximum Gasteiger partial charge on any atom is 0.00949 e. The third-order valence-electron chi connectivity index (χ3n) is 3.71. The van der Waals surface area contributed by atoms with Crippen LogP contribution in [0.3, 0.4) is 0 Å². The molecule has 2 bridgehead atoms. The standard InChI is InChI=1S/C10H19N/c1-8-6-10-5-3-4-9(8)7-11(10)2/h8-10H,3-7H2,1-2H3. The van der Waals surface area contributed by atoms with Gasteiger partial charge in [0.15, 0.2) is 0 Å². The Labute approximate surface area is 69.8 Å². The lowest BCUT2D eigenvalue weighted by atomic mass is 9.85. The van der Waals surface area contributed by atoms with Gasteiger partial charge in [-0.15, -0.1) is 0 Å². The third-order valence-corrected chi connectivity index (χ3v) is 3.71. The van der Waals surface area contributed by atoms with E-state index in [4.69, 9.17) is 0 Å². The molecule has 0 aromatic carbocycles. The maximum absolute atomic E-state index is 2.58. The highest BCUT2D eigenvalue weighted by Crippen LogP contribution is 2.36. The second-order valence-corrected chi connectivity index (χ2v) is 4.50. The van der Waals surface area contributed by atoms with E-state index in [2.05, 4.69) is 18.9 Å². The Morgan fingerprint density at radius 3 is 2.91 bits per heavy atom.